The number of rotatable bonds is 10. The van der Waals surface area contributed by atoms with Crippen molar-refractivity contribution in [1.29, 1.82) is 0 Å². The summed E-state index contributed by atoms with van der Waals surface area (Å²) in [6.07, 6.45) is 1.48. The predicted molar refractivity (Wildman–Crippen MR) is 169 cm³/mol. The smallest absolute Gasteiger partial charge is 0.271 e. The van der Waals surface area contributed by atoms with Crippen molar-refractivity contribution in [3.8, 4) is 17.0 Å². The van der Waals surface area contributed by atoms with Crippen molar-refractivity contribution in [2.45, 2.75) is 6.92 Å². The van der Waals surface area contributed by atoms with E-state index in [0.717, 1.165) is 27.6 Å². The quantitative estimate of drug-likeness (QED) is 0.116. The molecule has 0 saturated heterocycles. The lowest BCUT2D eigenvalue weighted by Gasteiger charge is -2.10. The summed E-state index contributed by atoms with van der Waals surface area (Å²) in [5.41, 5.74) is 7.97. The van der Waals surface area contributed by atoms with Crippen molar-refractivity contribution in [2.24, 2.45) is 5.10 Å². The number of benzene rings is 4. The Morgan fingerprint density at radius 2 is 1.64 bits per heavy atom. The number of carbonyl (C=O) groups is 2. The largest absolute Gasteiger partial charge is 0.483 e. The van der Waals surface area contributed by atoms with Gasteiger partial charge in [0, 0.05) is 38.5 Å². The number of hydrazone groups is 1. The fourth-order valence-electron chi connectivity index (χ4n) is 3.83. The third kappa shape index (κ3) is 7.81. The number of thiazole rings is 1. The molecule has 10 heteroatoms. The van der Waals surface area contributed by atoms with Crippen molar-refractivity contribution in [2.75, 3.05) is 17.2 Å². The number of halogens is 1. The minimum atomic E-state index is -0.364. The number of carbonyl (C=O) groups excluding carboxylic acids is 2. The van der Waals surface area contributed by atoms with Gasteiger partial charge >= 0.3 is 0 Å². The van der Waals surface area contributed by atoms with Crippen LogP contribution in [0, 0.1) is 6.92 Å². The van der Waals surface area contributed by atoms with Crippen LogP contribution in [0.3, 0.4) is 0 Å². The van der Waals surface area contributed by atoms with Crippen LogP contribution in [0.25, 0.3) is 11.3 Å². The molecule has 0 bridgehead atoms. The SMILES string of the molecule is Cc1ccc(NC(=O)COc2ccccc2/C=N\NC(=O)c2ccc(-c3csc(Nc4ccc(Cl)cc4)n3)cc2)cc1. The van der Waals surface area contributed by atoms with Gasteiger partial charge in [0.15, 0.2) is 11.7 Å². The molecule has 5 aromatic rings. The Balaban J connectivity index is 1.14. The van der Waals surface area contributed by atoms with Crippen LogP contribution in [0.2, 0.25) is 5.02 Å². The average molecular weight is 596 g/mol. The first-order valence-corrected chi connectivity index (χ1v) is 14.2. The van der Waals surface area contributed by atoms with E-state index in [9.17, 15) is 9.59 Å². The van der Waals surface area contributed by atoms with E-state index in [-0.39, 0.29) is 18.4 Å². The summed E-state index contributed by atoms with van der Waals surface area (Å²) in [7, 11) is 0. The van der Waals surface area contributed by atoms with Crippen molar-refractivity contribution in [1.82, 2.24) is 10.4 Å². The maximum Gasteiger partial charge on any atom is 0.271 e. The lowest BCUT2D eigenvalue weighted by Crippen LogP contribution is -2.20. The molecule has 5 rings (SSSR count). The molecule has 0 unspecified atom stereocenters. The second kappa shape index (κ2) is 13.6. The van der Waals surface area contributed by atoms with Crippen molar-refractivity contribution >= 4 is 57.5 Å². The molecule has 42 heavy (non-hydrogen) atoms. The summed E-state index contributed by atoms with van der Waals surface area (Å²) in [6.45, 7) is 1.81. The standard InChI is InChI=1S/C32H26ClN5O3S/c1-21-6-14-26(15-7-21)35-30(39)19-41-29-5-3-2-4-24(29)18-34-38-31(40)23-10-8-22(9-11-23)28-20-42-32(37-28)36-27-16-12-25(33)13-17-27/h2-18,20H,19H2,1H3,(H,35,39)(H,36,37)(H,38,40)/b34-18-. The van der Waals surface area contributed by atoms with Gasteiger partial charge in [-0.15, -0.1) is 11.3 Å². The van der Waals surface area contributed by atoms with Gasteiger partial charge in [-0.3, -0.25) is 9.59 Å². The minimum absolute atomic E-state index is 0.172. The summed E-state index contributed by atoms with van der Waals surface area (Å²) >= 11 is 7.43. The fourth-order valence-corrected chi connectivity index (χ4v) is 4.70. The van der Waals surface area contributed by atoms with Crippen molar-refractivity contribution in [3.63, 3.8) is 0 Å². The molecule has 0 fully saturated rings. The minimum Gasteiger partial charge on any atom is -0.483 e. The predicted octanol–water partition coefficient (Wildman–Crippen LogP) is 7.30. The Kier molecular flexibility index (Phi) is 9.23. The molecule has 0 atom stereocenters. The molecule has 3 N–H and O–H groups in total. The van der Waals surface area contributed by atoms with E-state index >= 15 is 0 Å². The summed E-state index contributed by atoms with van der Waals surface area (Å²) in [4.78, 5) is 29.6. The van der Waals surface area contributed by atoms with Crippen LogP contribution in [-0.2, 0) is 4.79 Å². The number of hydrogen-bond donors (Lipinski definition) is 3. The Morgan fingerprint density at radius 3 is 2.40 bits per heavy atom. The molecule has 0 radical (unpaired) electrons. The fraction of sp³-hybridized carbons (Fsp3) is 0.0625. The first-order valence-electron chi connectivity index (χ1n) is 12.9. The van der Waals surface area contributed by atoms with Crippen LogP contribution >= 0.6 is 22.9 Å². The first-order chi connectivity index (χ1) is 20.4. The number of anilines is 3. The lowest BCUT2D eigenvalue weighted by atomic mass is 10.1. The zero-order valence-corrected chi connectivity index (χ0v) is 24.1. The molecule has 4 aromatic carbocycles. The number of hydrogen-bond acceptors (Lipinski definition) is 7. The number of aromatic nitrogens is 1. The van der Waals surface area contributed by atoms with Crippen LogP contribution in [0.5, 0.6) is 5.75 Å². The summed E-state index contributed by atoms with van der Waals surface area (Å²) in [5, 5.41) is 13.5. The van der Waals surface area contributed by atoms with Crippen molar-refractivity contribution in [3.05, 3.63) is 124 Å². The molecule has 0 aliphatic carbocycles. The highest BCUT2D eigenvalue weighted by Crippen LogP contribution is 2.28. The number of aryl methyl sites for hydroxylation is 1. The summed E-state index contributed by atoms with van der Waals surface area (Å²) < 4.78 is 5.70. The molecule has 0 aliphatic rings. The molecular formula is C32H26ClN5O3S. The molecule has 210 valence electrons. The highest BCUT2D eigenvalue weighted by Gasteiger charge is 2.09. The van der Waals surface area contributed by atoms with E-state index in [1.54, 1.807) is 30.3 Å². The van der Waals surface area contributed by atoms with E-state index in [1.165, 1.54) is 17.6 Å². The number of para-hydroxylation sites is 1. The van der Waals surface area contributed by atoms with E-state index < -0.39 is 0 Å². The second-order valence-electron chi connectivity index (χ2n) is 9.19. The monoisotopic (exact) mass is 595 g/mol. The average Bonchev–Trinajstić information content (AvgIpc) is 3.47. The van der Waals surface area contributed by atoms with Gasteiger partial charge in [-0.1, -0.05) is 53.6 Å². The Bertz CT molecular complexity index is 1700. The molecule has 0 saturated carbocycles. The first kappa shape index (κ1) is 28.5. The lowest BCUT2D eigenvalue weighted by molar-refractivity contribution is -0.118. The summed E-state index contributed by atoms with van der Waals surface area (Å²) in [5.74, 6) is -0.182. The number of ether oxygens (including phenoxy) is 1. The van der Waals surface area contributed by atoms with Gasteiger partial charge in [0.2, 0.25) is 0 Å². The van der Waals surface area contributed by atoms with Crippen LogP contribution in [0.4, 0.5) is 16.5 Å². The van der Waals surface area contributed by atoms with Crippen LogP contribution in [-0.4, -0.2) is 29.6 Å². The normalized spacial score (nSPS) is 10.8. The highest BCUT2D eigenvalue weighted by molar-refractivity contribution is 7.14. The molecule has 0 aliphatic heterocycles. The van der Waals surface area contributed by atoms with E-state index in [0.29, 0.717) is 27.6 Å². The number of nitrogens with one attached hydrogen (secondary N) is 3. The highest BCUT2D eigenvalue weighted by atomic mass is 35.5. The third-order valence-electron chi connectivity index (χ3n) is 6.03. The van der Waals surface area contributed by atoms with Gasteiger partial charge in [-0.25, -0.2) is 10.4 Å². The summed E-state index contributed by atoms with van der Waals surface area (Å²) in [6, 6.07) is 29.1. The molecule has 2 amide bonds. The van der Waals surface area contributed by atoms with Gasteiger partial charge in [-0.2, -0.15) is 5.10 Å². The second-order valence-corrected chi connectivity index (χ2v) is 10.5. The van der Waals surface area contributed by atoms with Crippen molar-refractivity contribution < 1.29 is 14.3 Å². The van der Waals surface area contributed by atoms with E-state index in [1.807, 2.05) is 79.0 Å². The Hall–Kier alpha value is -4.99. The zero-order valence-electron chi connectivity index (χ0n) is 22.5. The maximum absolute atomic E-state index is 12.7. The van der Waals surface area contributed by atoms with Crippen LogP contribution in [0.1, 0.15) is 21.5 Å². The molecule has 1 aromatic heterocycles. The number of amides is 2. The molecule has 8 nitrogen and oxygen atoms in total. The van der Waals surface area contributed by atoms with Gasteiger partial charge < -0.3 is 15.4 Å². The third-order valence-corrected chi connectivity index (χ3v) is 7.04. The van der Waals surface area contributed by atoms with Crippen LogP contribution < -0.4 is 20.8 Å². The van der Waals surface area contributed by atoms with Gasteiger partial charge in [0.1, 0.15) is 5.75 Å². The zero-order chi connectivity index (χ0) is 29.3. The molecule has 0 spiro atoms. The van der Waals surface area contributed by atoms with Gasteiger partial charge in [-0.05, 0) is 67.6 Å². The molecular weight excluding hydrogens is 570 g/mol. The maximum atomic E-state index is 12.7. The van der Waals surface area contributed by atoms with Crippen LogP contribution in [0.15, 0.2) is 108 Å². The number of nitrogens with zero attached hydrogens (tertiary/aromatic N) is 2. The van der Waals surface area contributed by atoms with E-state index in [2.05, 4.69) is 26.1 Å². The topological polar surface area (TPSA) is 105 Å². The van der Waals surface area contributed by atoms with Gasteiger partial charge in [0.25, 0.3) is 11.8 Å². The Labute approximate surface area is 252 Å². The van der Waals surface area contributed by atoms with Gasteiger partial charge in [0.05, 0.1) is 11.9 Å². The molecule has 1 heterocycles. The Morgan fingerprint density at radius 1 is 0.929 bits per heavy atom. The van der Waals surface area contributed by atoms with E-state index in [4.69, 9.17) is 16.3 Å².